The Morgan fingerprint density at radius 3 is 2.07 bits per heavy atom. The van der Waals surface area contributed by atoms with E-state index in [9.17, 15) is 9.59 Å². The molecule has 0 bridgehead atoms. The first-order valence-electron chi connectivity index (χ1n) is 5.61. The number of hydrogen-bond donors (Lipinski definition) is 2. The first kappa shape index (κ1) is 14.1. The molecule has 0 aromatic carbocycles. The highest BCUT2D eigenvalue weighted by atomic mass is 16.2. The third-order valence-corrected chi connectivity index (χ3v) is 2.62. The third kappa shape index (κ3) is 4.00. The molecule has 0 aliphatic carbocycles. The Kier molecular flexibility index (Phi) is 6.17. The lowest BCUT2D eigenvalue weighted by atomic mass is 9.86. The number of Topliss-reactive ketones (excluding diaryl/α,β-unsaturated/α-hetero) is 1. The summed E-state index contributed by atoms with van der Waals surface area (Å²) in [5, 5.41) is 0. The largest absolute Gasteiger partial charge is 0.368 e. The predicted molar refractivity (Wildman–Crippen MR) is 60.2 cm³/mol. The number of carbonyl (C=O) groups excluding carboxylic acids is 2. The van der Waals surface area contributed by atoms with Gasteiger partial charge in [0.15, 0.2) is 11.3 Å². The molecule has 88 valence electrons. The molecule has 0 aromatic heterocycles. The summed E-state index contributed by atoms with van der Waals surface area (Å²) in [5.41, 5.74) is 9.55. The van der Waals surface area contributed by atoms with E-state index >= 15 is 0 Å². The second-order valence-electron chi connectivity index (χ2n) is 3.97. The molecule has 0 aliphatic rings. The Hall–Kier alpha value is -0.900. The van der Waals surface area contributed by atoms with Crippen LogP contribution in [0.25, 0.3) is 0 Å². The highest BCUT2D eigenvalue weighted by Crippen LogP contribution is 2.15. The van der Waals surface area contributed by atoms with E-state index in [0.717, 1.165) is 25.7 Å². The Morgan fingerprint density at radius 1 is 1.13 bits per heavy atom. The van der Waals surface area contributed by atoms with E-state index in [1.54, 1.807) is 0 Å². The highest BCUT2D eigenvalue weighted by Gasteiger charge is 2.38. The van der Waals surface area contributed by atoms with Crippen molar-refractivity contribution in [2.24, 2.45) is 11.5 Å². The number of rotatable bonds is 8. The summed E-state index contributed by atoms with van der Waals surface area (Å²) in [7, 11) is 0. The van der Waals surface area contributed by atoms with E-state index in [-0.39, 0.29) is 5.78 Å². The topological polar surface area (TPSA) is 86.2 Å². The van der Waals surface area contributed by atoms with Gasteiger partial charge >= 0.3 is 0 Å². The Morgan fingerprint density at radius 2 is 1.67 bits per heavy atom. The standard InChI is InChI=1S/C11H22N2O2/c1-3-5-7-9(14)11(13,10(12)15)8-6-4-2/h3-8,13H2,1-2H3,(H2,12,15). The number of nitrogens with two attached hydrogens (primary N) is 2. The lowest BCUT2D eigenvalue weighted by molar-refractivity contribution is -0.134. The van der Waals surface area contributed by atoms with E-state index in [0.29, 0.717) is 12.8 Å². The quantitative estimate of drug-likeness (QED) is 0.593. The van der Waals surface area contributed by atoms with Crippen molar-refractivity contribution in [3.63, 3.8) is 0 Å². The molecule has 0 rings (SSSR count). The van der Waals surface area contributed by atoms with Crippen LogP contribution in [-0.4, -0.2) is 17.2 Å². The molecule has 0 fully saturated rings. The first-order valence-corrected chi connectivity index (χ1v) is 5.61. The molecular formula is C11H22N2O2. The maximum Gasteiger partial charge on any atom is 0.245 e. The number of primary amides is 1. The van der Waals surface area contributed by atoms with E-state index < -0.39 is 11.4 Å². The van der Waals surface area contributed by atoms with Gasteiger partial charge < -0.3 is 11.5 Å². The zero-order chi connectivity index (χ0) is 11.9. The van der Waals surface area contributed by atoms with Crippen molar-refractivity contribution in [1.82, 2.24) is 0 Å². The van der Waals surface area contributed by atoms with Crippen LogP contribution in [0.2, 0.25) is 0 Å². The van der Waals surface area contributed by atoms with Crippen LogP contribution < -0.4 is 11.5 Å². The molecule has 1 amide bonds. The molecule has 4 nitrogen and oxygen atoms in total. The van der Waals surface area contributed by atoms with Crippen LogP contribution >= 0.6 is 0 Å². The van der Waals surface area contributed by atoms with Crippen molar-refractivity contribution in [3.8, 4) is 0 Å². The van der Waals surface area contributed by atoms with Gasteiger partial charge in [-0.05, 0) is 12.8 Å². The fraction of sp³-hybridized carbons (Fsp3) is 0.818. The van der Waals surface area contributed by atoms with Gasteiger partial charge in [0, 0.05) is 6.42 Å². The van der Waals surface area contributed by atoms with Crippen LogP contribution in [0.3, 0.4) is 0 Å². The monoisotopic (exact) mass is 214 g/mol. The lowest BCUT2D eigenvalue weighted by Gasteiger charge is -2.24. The second kappa shape index (κ2) is 6.56. The van der Waals surface area contributed by atoms with Crippen molar-refractivity contribution in [1.29, 1.82) is 0 Å². The van der Waals surface area contributed by atoms with Crippen molar-refractivity contribution in [2.45, 2.75) is 57.9 Å². The second-order valence-corrected chi connectivity index (χ2v) is 3.97. The Bertz CT molecular complexity index is 229. The number of unbranched alkanes of at least 4 members (excludes halogenated alkanes) is 2. The van der Waals surface area contributed by atoms with Gasteiger partial charge in [-0.3, -0.25) is 9.59 Å². The normalized spacial score (nSPS) is 14.6. The zero-order valence-electron chi connectivity index (χ0n) is 9.71. The number of hydrogen-bond acceptors (Lipinski definition) is 3. The van der Waals surface area contributed by atoms with Gasteiger partial charge in [0.1, 0.15) is 0 Å². The van der Waals surface area contributed by atoms with Crippen molar-refractivity contribution in [2.75, 3.05) is 0 Å². The molecule has 0 spiro atoms. The minimum Gasteiger partial charge on any atom is -0.368 e. The van der Waals surface area contributed by atoms with E-state index in [2.05, 4.69) is 0 Å². The summed E-state index contributed by atoms with van der Waals surface area (Å²) in [6, 6.07) is 0. The average molecular weight is 214 g/mol. The lowest BCUT2D eigenvalue weighted by Crippen LogP contribution is -2.58. The van der Waals surface area contributed by atoms with E-state index in [4.69, 9.17) is 11.5 Å². The number of ketones is 1. The van der Waals surface area contributed by atoms with Gasteiger partial charge in [-0.25, -0.2) is 0 Å². The Balaban J connectivity index is 4.48. The molecule has 4 N–H and O–H groups in total. The summed E-state index contributed by atoms with van der Waals surface area (Å²) < 4.78 is 0. The highest BCUT2D eigenvalue weighted by molar-refractivity contribution is 6.09. The van der Waals surface area contributed by atoms with Crippen LogP contribution in [0, 0.1) is 0 Å². The van der Waals surface area contributed by atoms with E-state index in [1.165, 1.54) is 0 Å². The van der Waals surface area contributed by atoms with Crippen LogP contribution in [0.4, 0.5) is 0 Å². The van der Waals surface area contributed by atoms with Crippen LogP contribution in [0.15, 0.2) is 0 Å². The van der Waals surface area contributed by atoms with Crippen LogP contribution in [0.5, 0.6) is 0 Å². The maximum absolute atomic E-state index is 11.7. The third-order valence-electron chi connectivity index (χ3n) is 2.62. The number of carbonyl (C=O) groups is 2. The van der Waals surface area contributed by atoms with Crippen molar-refractivity contribution >= 4 is 11.7 Å². The van der Waals surface area contributed by atoms with E-state index in [1.807, 2.05) is 13.8 Å². The minimum atomic E-state index is -1.44. The molecule has 0 heterocycles. The van der Waals surface area contributed by atoms with Crippen molar-refractivity contribution < 1.29 is 9.59 Å². The van der Waals surface area contributed by atoms with Gasteiger partial charge in [-0.2, -0.15) is 0 Å². The molecule has 1 atom stereocenters. The summed E-state index contributed by atoms with van der Waals surface area (Å²) in [6.07, 6.45) is 4.02. The van der Waals surface area contributed by atoms with Crippen molar-refractivity contribution in [3.05, 3.63) is 0 Å². The summed E-state index contributed by atoms with van der Waals surface area (Å²) in [5.74, 6) is -0.914. The van der Waals surface area contributed by atoms with Gasteiger partial charge in [-0.1, -0.05) is 33.1 Å². The summed E-state index contributed by atoms with van der Waals surface area (Å²) >= 11 is 0. The van der Waals surface area contributed by atoms with Gasteiger partial charge in [0.25, 0.3) is 0 Å². The summed E-state index contributed by atoms with van der Waals surface area (Å²) in [6.45, 7) is 3.97. The van der Waals surface area contributed by atoms with Gasteiger partial charge in [0.2, 0.25) is 5.91 Å². The van der Waals surface area contributed by atoms with Crippen LogP contribution in [0.1, 0.15) is 52.4 Å². The molecular weight excluding hydrogens is 192 g/mol. The zero-order valence-corrected chi connectivity index (χ0v) is 9.71. The molecule has 4 heteroatoms. The van der Waals surface area contributed by atoms with Gasteiger partial charge in [-0.15, -0.1) is 0 Å². The summed E-state index contributed by atoms with van der Waals surface area (Å²) in [4.78, 5) is 23.0. The smallest absolute Gasteiger partial charge is 0.245 e. The average Bonchev–Trinajstić information content (AvgIpc) is 2.21. The molecule has 1 unspecified atom stereocenters. The molecule has 0 saturated heterocycles. The fourth-order valence-electron chi connectivity index (χ4n) is 1.42. The van der Waals surface area contributed by atoms with Crippen LogP contribution in [-0.2, 0) is 9.59 Å². The fourth-order valence-corrected chi connectivity index (χ4v) is 1.42. The van der Waals surface area contributed by atoms with Gasteiger partial charge in [0.05, 0.1) is 0 Å². The molecule has 0 aromatic rings. The first-order chi connectivity index (χ1) is 6.99. The minimum absolute atomic E-state index is 0.217. The molecule has 0 saturated carbocycles. The maximum atomic E-state index is 11.7. The number of amides is 1. The Labute approximate surface area is 91.4 Å². The predicted octanol–water partition coefficient (Wildman–Crippen LogP) is 1.12. The molecule has 0 aliphatic heterocycles. The SMILES string of the molecule is CCCCC(=O)C(N)(CCCC)C(N)=O. The molecule has 15 heavy (non-hydrogen) atoms. The molecule has 0 radical (unpaired) electrons.